The van der Waals surface area contributed by atoms with Crippen molar-refractivity contribution in [2.45, 2.75) is 31.1 Å². The number of benzene rings is 2. The predicted molar refractivity (Wildman–Crippen MR) is 108 cm³/mol. The Labute approximate surface area is 164 Å². The van der Waals surface area contributed by atoms with E-state index in [-0.39, 0.29) is 18.4 Å². The van der Waals surface area contributed by atoms with Crippen LogP contribution < -0.4 is 0 Å². The van der Waals surface area contributed by atoms with Gasteiger partial charge in [-0.3, -0.25) is 4.79 Å². The minimum absolute atomic E-state index is 0.183. The average molecular weight is 384 g/mol. The molecule has 142 valence electrons. The third-order valence-corrected chi connectivity index (χ3v) is 5.62. The van der Waals surface area contributed by atoms with E-state index >= 15 is 0 Å². The highest BCUT2D eigenvalue weighted by Crippen LogP contribution is 2.29. The van der Waals surface area contributed by atoms with Crippen LogP contribution in [0, 0.1) is 5.92 Å². The number of imide groups is 1. The summed E-state index contributed by atoms with van der Waals surface area (Å²) in [5, 5.41) is 0. The van der Waals surface area contributed by atoms with Gasteiger partial charge in [-0.2, -0.15) is 0 Å². The smallest absolute Gasteiger partial charge is 0.416 e. The molecule has 0 spiro atoms. The highest BCUT2D eigenvalue weighted by molar-refractivity contribution is 7.99. The fraction of sp³-hybridized carbons (Fsp3) is 0.364. The molecule has 2 amide bonds. The van der Waals surface area contributed by atoms with Crippen LogP contribution in [0.2, 0.25) is 0 Å². The number of rotatable bonds is 7. The normalized spacial score (nSPS) is 15.1. The summed E-state index contributed by atoms with van der Waals surface area (Å²) in [6, 6.07) is 18.2. The minimum atomic E-state index is -0.536. The first kappa shape index (κ1) is 19.5. The topological polar surface area (TPSA) is 46.6 Å². The van der Waals surface area contributed by atoms with Gasteiger partial charge in [0.2, 0.25) is 5.91 Å². The number of nitrogens with zero attached hydrogens (tertiary/aromatic N) is 1. The van der Waals surface area contributed by atoms with Crippen molar-refractivity contribution in [2.75, 3.05) is 18.9 Å². The third kappa shape index (κ3) is 5.13. The molecule has 3 rings (SSSR count). The van der Waals surface area contributed by atoms with E-state index < -0.39 is 6.09 Å². The molecule has 1 fully saturated rings. The first-order valence-corrected chi connectivity index (χ1v) is 10.3. The van der Waals surface area contributed by atoms with Gasteiger partial charge in [0, 0.05) is 10.6 Å². The van der Waals surface area contributed by atoms with Crippen molar-refractivity contribution >= 4 is 23.8 Å². The fourth-order valence-electron chi connectivity index (χ4n) is 3.15. The largest absolute Gasteiger partial charge is 0.447 e. The Morgan fingerprint density at radius 2 is 1.81 bits per heavy atom. The second-order valence-electron chi connectivity index (χ2n) is 7.12. The molecule has 0 N–H and O–H groups in total. The molecule has 0 saturated carbocycles. The summed E-state index contributed by atoms with van der Waals surface area (Å²) in [5.41, 5.74) is 2.20. The average Bonchev–Trinajstić information content (AvgIpc) is 3.09. The van der Waals surface area contributed by atoms with E-state index in [0.717, 1.165) is 16.9 Å². The van der Waals surface area contributed by atoms with Crippen LogP contribution in [0.3, 0.4) is 0 Å². The van der Waals surface area contributed by atoms with Gasteiger partial charge in [-0.25, -0.2) is 9.69 Å². The SMILES string of the molecule is CC(C)Cc1ccc([C@H](CSc2ccccc2)C(=O)N2CCOC2=O)cc1. The molecule has 0 unspecified atom stereocenters. The van der Waals surface area contributed by atoms with Gasteiger partial charge in [-0.15, -0.1) is 11.8 Å². The maximum Gasteiger partial charge on any atom is 0.416 e. The first-order chi connectivity index (χ1) is 13.0. The van der Waals surface area contributed by atoms with Gasteiger partial charge in [0.05, 0.1) is 12.5 Å². The third-order valence-electron chi connectivity index (χ3n) is 4.51. The summed E-state index contributed by atoms with van der Waals surface area (Å²) in [6.45, 7) is 4.98. The van der Waals surface area contributed by atoms with E-state index in [1.165, 1.54) is 10.5 Å². The number of carbonyl (C=O) groups excluding carboxylic acids is 2. The van der Waals surface area contributed by atoms with E-state index in [9.17, 15) is 9.59 Å². The second kappa shape index (κ2) is 9.09. The van der Waals surface area contributed by atoms with Crippen LogP contribution in [0.1, 0.15) is 30.9 Å². The van der Waals surface area contributed by atoms with Crippen LogP contribution in [0.5, 0.6) is 0 Å². The van der Waals surface area contributed by atoms with E-state index in [4.69, 9.17) is 4.74 Å². The Kier molecular flexibility index (Phi) is 6.56. The molecule has 1 aliphatic rings. The fourth-order valence-corrected chi connectivity index (χ4v) is 4.19. The van der Waals surface area contributed by atoms with Gasteiger partial charge >= 0.3 is 6.09 Å². The Bertz CT molecular complexity index is 774. The zero-order valence-corrected chi connectivity index (χ0v) is 16.6. The van der Waals surface area contributed by atoms with Crippen LogP contribution in [-0.2, 0) is 16.0 Å². The Balaban J connectivity index is 1.80. The van der Waals surface area contributed by atoms with Crippen molar-refractivity contribution in [3.8, 4) is 0 Å². The monoisotopic (exact) mass is 383 g/mol. The lowest BCUT2D eigenvalue weighted by Gasteiger charge is -2.21. The van der Waals surface area contributed by atoms with Crippen molar-refractivity contribution in [1.29, 1.82) is 0 Å². The first-order valence-electron chi connectivity index (χ1n) is 9.29. The molecule has 0 aliphatic carbocycles. The summed E-state index contributed by atoms with van der Waals surface area (Å²) in [4.78, 5) is 27.3. The number of hydrogen-bond donors (Lipinski definition) is 0. The van der Waals surface area contributed by atoms with E-state index in [0.29, 0.717) is 18.2 Å². The number of ether oxygens (including phenoxy) is 1. The standard InChI is InChI=1S/C22H25NO3S/c1-16(2)14-17-8-10-18(11-9-17)20(15-27-19-6-4-3-5-7-19)21(24)23-12-13-26-22(23)25/h3-11,16,20H,12-15H2,1-2H3/t20-/m0/s1. The molecule has 1 aliphatic heterocycles. The zero-order chi connectivity index (χ0) is 19.2. The molecule has 1 atom stereocenters. The molecule has 2 aromatic rings. The number of hydrogen-bond acceptors (Lipinski definition) is 4. The van der Waals surface area contributed by atoms with Crippen molar-refractivity contribution < 1.29 is 14.3 Å². The zero-order valence-electron chi connectivity index (χ0n) is 15.8. The molecular formula is C22H25NO3S. The molecule has 0 bridgehead atoms. The minimum Gasteiger partial charge on any atom is -0.447 e. The van der Waals surface area contributed by atoms with Gasteiger partial charge in [0.1, 0.15) is 6.61 Å². The number of carbonyl (C=O) groups is 2. The van der Waals surface area contributed by atoms with E-state index in [1.54, 1.807) is 11.8 Å². The molecule has 27 heavy (non-hydrogen) atoms. The summed E-state index contributed by atoms with van der Waals surface area (Å²) < 4.78 is 4.96. The van der Waals surface area contributed by atoms with Crippen molar-refractivity contribution in [1.82, 2.24) is 4.90 Å². The van der Waals surface area contributed by atoms with Gasteiger partial charge in [0.25, 0.3) is 0 Å². The molecule has 0 aromatic heterocycles. The summed E-state index contributed by atoms with van der Waals surface area (Å²) >= 11 is 1.63. The predicted octanol–water partition coefficient (Wildman–Crippen LogP) is 4.74. The van der Waals surface area contributed by atoms with Gasteiger partial charge in [-0.1, -0.05) is 56.3 Å². The van der Waals surface area contributed by atoms with Crippen LogP contribution in [0.25, 0.3) is 0 Å². The van der Waals surface area contributed by atoms with Gasteiger partial charge in [0.15, 0.2) is 0 Å². The number of cyclic esters (lactones) is 1. The number of amides is 2. The lowest BCUT2D eigenvalue weighted by atomic mass is 9.96. The van der Waals surface area contributed by atoms with Crippen molar-refractivity contribution in [3.05, 3.63) is 65.7 Å². The maximum atomic E-state index is 13.1. The molecule has 0 radical (unpaired) electrons. The molecule has 1 heterocycles. The Morgan fingerprint density at radius 3 is 2.41 bits per heavy atom. The second-order valence-corrected chi connectivity index (χ2v) is 8.21. The van der Waals surface area contributed by atoms with E-state index in [2.05, 4.69) is 26.0 Å². The Morgan fingerprint density at radius 1 is 1.11 bits per heavy atom. The lowest BCUT2D eigenvalue weighted by Crippen LogP contribution is -2.36. The summed E-state index contributed by atoms with van der Waals surface area (Å²) in [7, 11) is 0. The van der Waals surface area contributed by atoms with E-state index in [1.807, 2.05) is 42.5 Å². The molecular weight excluding hydrogens is 358 g/mol. The van der Waals surface area contributed by atoms with Crippen LogP contribution >= 0.6 is 11.8 Å². The molecule has 2 aromatic carbocycles. The maximum absolute atomic E-state index is 13.1. The quantitative estimate of drug-likeness (QED) is 0.648. The van der Waals surface area contributed by atoms with Crippen LogP contribution in [0.15, 0.2) is 59.5 Å². The van der Waals surface area contributed by atoms with Crippen molar-refractivity contribution in [3.63, 3.8) is 0 Å². The van der Waals surface area contributed by atoms with Crippen LogP contribution in [0.4, 0.5) is 4.79 Å². The summed E-state index contributed by atoms with van der Waals surface area (Å²) in [5.74, 6) is 0.601. The highest BCUT2D eigenvalue weighted by atomic mass is 32.2. The van der Waals surface area contributed by atoms with Gasteiger partial charge < -0.3 is 4.74 Å². The Hall–Kier alpha value is -2.27. The lowest BCUT2D eigenvalue weighted by molar-refractivity contribution is -0.128. The van der Waals surface area contributed by atoms with Crippen molar-refractivity contribution in [2.24, 2.45) is 5.92 Å². The van der Waals surface area contributed by atoms with Crippen LogP contribution in [-0.4, -0.2) is 35.8 Å². The number of thioether (sulfide) groups is 1. The van der Waals surface area contributed by atoms with Gasteiger partial charge in [-0.05, 0) is 35.6 Å². The molecule has 5 heteroatoms. The molecule has 1 saturated heterocycles. The molecule has 4 nitrogen and oxygen atoms in total. The summed E-state index contributed by atoms with van der Waals surface area (Å²) in [6.07, 6.45) is 0.474. The highest BCUT2D eigenvalue weighted by Gasteiger charge is 2.34.